The molecular formula is C23H24N4O2. The van der Waals surface area contributed by atoms with E-state index in [0.717, 1.165) is 48.8 Å². The van der Waals surface area contributed by atoms with Gasteiger partial charge in [-0.3, -0.25) is 10.0 Å². The Hall–Kier alpha value is -3.38. The smallest absolute Gasteiger partial charge is 0.255 e. The number of rotatable bonds is 5. The second kappa shape index (κ2) is 8.75. The van der Waals surface area contributed by atoms with Crippen LogP contribution in [0.1, 0.15) is 17.0 Å². The fraction of sp³-hybridized carbons (Fsp3) is 0.217. The van der Waals surface area contributed by atoms with Crippen molar-refractivity contribution in [2.75, 3.05) is 36.0 Å². The number of anilines is 2. The minimum absolute atomic E-state index is 0.437. The van der Waals surface area contributed by atoms with E-state index in [-0.39, 0.29) is 0 Å². The monoisotopic (exact) mass is 388 g/mol. The molecule has 1 atom stereocenters. The molecule has 1 aliphatic heterocycles. The second-order valence-electron chi connectivity index (χ2n) is 7.08. The van der Waals surface area contributed by atoms with Crippen LogP contribution in [0.25, 0.3) is 0 Å². The predicted molar refractivity (Wildman–Crippen MR) is 113 cm³/mol. The molecule has 1 fully saturated rings. The van der Waals surface area contributed by atoms with Gasteiger partial charge in [-0.25, -0.2) is 10.5 Å². The Balaban J connectivity index is 1.53. The van der Waals surface area contributed by atoms with E-state index >= 15 is 0 Å². The maximum atomic E-state index is 12.4. The average Bonchev–Trinajstić information content (AvgIpc) is 2.81. The summed E-state index contributed by atoms with van der Waals surface area (Å²) in [5.41, 5.74) is 4.60. The highest BCUT2D eigenvalue weighted by Crippen LogP contribution is 2.29. The minimum atomic E-state index is -0.559. The molecule has 1 saturated heterocycles. The van der Waals surface area contributed by atoms with Crippen LogP contribution in [0.2, 0.25) is 0 Å². The van der Waals surface area contributed by atoms with Crippen LogP contribution in [-0.4, -0.2) is 42.3 Å². The number of hydroxylamine groups is 1. The van der Waals surface area contributed by atoms with Gasteiger partial charge in [0.2, 0.25) is 0 Å². The molecule has 0 saturated carbocycles. The number of aromatic nitrogens is 1. The highest BCUT2D eigenvalue weighted by Gasteiger charge is 2.24. The highest BCUT2D eigenvalue weighted by molar-refractivity contribution is 5.86. The lowest BCUT2D eigenvalue weighted by Gasteiger charge is -2.37. The molecule has 6 heteroatoms. The minimum Gasteiger partial charge on any atom is -0.368 e. The van der Waals surface area contributed by atoms with Gasteiger partial charge in [0.1, 0.15) is 5.82 Å². The normalized spacial score (nSPS) is 15.1. The van der Waals surface area contributed by atoms with Crippen molar-refractivity contribution in [1.29, 1.82) is 0 Å². The summed E-state index contributed by atoms with van der Waals surface area (Å²) < 4.78 is 0. The molecule has 0 spiro atoms. The number of carbonyl (C=O) groups is 1. The molecule has 0 bridgehead atoms. The van der Waals surface area contributed by atoms with E-state index in [1.54, 1.807) is 0 Å². The van der Waals surface area contributed by atoms with Crippen LogP contribution >= 0.6 is 0 Å². The molecule has 148 valence electrons. The van der Waals surface area contributed by atoms with Crippen LogP contribution < -0.4 is 15.3 Å². The van der Waals surface area contributed by atoms with Crippen molar-refractivity contribution in [3.8, 4) is 0 Å². The van der Waals surface area contributed by atoms with Crippen LogP contribution in [0.3, 0.4) is 0 Å². The first kappa shape index (κ1) is 19.0. The van der Waals surface area contributed by atoms with Gasteiger partial charge in [0.05, 0.1) is 5.92 Å². The van der Waals surface area contributed by atoms with Crippen LogP contribution in [0.4, 0.5) is 11.5 Å². The fourth-order valence-corrected chi connectivity index (χ4v) is 3.84. The van der Waals surface area contributed by atoms with Crippen molar-refractivity contribution >= 4 is 17.4 Å². The van der Waals surface area contributed by atoms with E-state index in [0.29, 0.717) is 0 Å². The first-order valence-electron chi connectivity index (χ1n) is 9.76. The standard InChI is InChI=1S/C23H24N4O2/c28-23(25-29)22(18-7-2-1-3-8-18)19-9-6-10-20(17-19)26-13-15-27(16-14-26)21-11-4-5-12-24-21/h1-12,17,22,29H,13-16H2,(H,25,28). The molecule has 0 radical (unpaired) electrons. The molecule has 1 amide bonds. The molecule has 1 aliphatic rings. The Morgan fingerprint density at radius 1 is 0.862 bits per heavy atom. The summed E-state index contributed by atoms with van der Waals surface area (Å²) in [6.07, 6.45) is 1.82. The molecule has 0 aliphatic carbocycles. The van der Waals surface area contributed by atoms with E-state index in [4.69, 9.17) is 0 Å². The number of hydrogen-bond donors (Lipinski definition) is 2. The molecular weight excluding hydrogens is 364 g/mol. The lowest BCUT2D eigenvalue weighted by molar-refractivity contribution is -0.129. The first-order valence-corrected chi connectivity index (χ1v) is 9.76. The summed E-state index contributed by atoms with van der Waals surface area (Å²) in [5, 5.41) is 9.26. The third kappa shape index (κ3) is 4.22. The molecule has 2 heterocycles. The molecule has 29 heavy (non-hydrogen) atoms. The number of carbonyl (C=O) groups excluding carboxylic acids is 1. The number of hydrogen-bond acceptors (Lipinski definition) is 5. The molecule has 3 aromatic rings. The molecule has 1 unspecified atom stereocenters. The molecule has 6 nitrogen and oxygen atoms in total. The van der Waals surface area contributed by atoms with E-state index in [9.17, 15) is 10.0 Å². The van der Waals surface area contributed by atoms with Gasteiger partial charge in [-0.15, -0.1) is 0 Å². The first-order chi connectivity index (χ1) is 14.3. The van der Waals surface area contributed by atoms with E-state index in [1.165, 1.54) is 0 Å². The molecule has 4 rings (SSSR count). The Morgan fingerprint density at radius 3 is 2.24 bits per heavy atom. The maximum Gasteiger partial charge on any atom is 0.255 e. The van der Waals surface area contributed by atoms with Crippen LogP contribution in [0.15, 0.2) is 79.0 Å². The van der Waals surface area contributed by atoms with E-state index < -0.39 is 11.8 Å². The number of nitrogens with one attached hydrogen (secondary N) is 1. The fourth-order valence-electron chi connectivity index (χ4n) is 3.84. The Morgan fingerprint density at radius 2 is 1.55 bits per heavy atom. The number of piperazine rings is 1. The van der Waals surface area contributed by atoms with Crippen molar-refractivity contribution in [3.63, 3.8) is 0 Å². The summed E-state index contributed by atoms with van der Waals surface area (Å²) in [6, 6.07) is 23.5. The van der Waals surface area contributed by atoms with Gasteiger partial charge in [-0.05, 0) is 35.4 Å². The van der Waals surface area contributed by atoms with Gasteiger partial charge in [0.15, 0.2) is 0 Å². The van der Waals surface area contributed by atoms with Crippen LogP contribution in [-0.2, 0) is 4.79 Å². The molecule has 2 N–H and O–H groups in total. The Bertz CT molecular complexity index is 941. The number of nitrogens with zero attached hydrogens (tertiary/aromatic N) is 3. The van der Waals surface area contributed by atoms with Gasteiger partial charge >= 0.3 is 0 Å². The Labute approximate surface area is 170 Å². The van der Waals surface area contributed by atoms with Gasteiger partial charge < -0.3 is 9.80 Å². The maximum absolute atomic E-state index is 12.4. The summed E-state index contributed by atoms with van der Waals surface area (Å²) >= 11 is 0. The summed E-state index contributed by atoms with van der Waals surface area (Å²) in [6.45, 7) is 3.53. The van der Waals surface area contributed by atoms with Crippen LogP contribution in [0, 0.1) is 0 Å². The second-order valence-corrected chi connectivity index (χ2v) is 7.08. The quantitative estimate of drug-likeness (QED) is 0.519. The van der Waals surface area contributed by atoms with Gasteiger partial charge in [0.25, 0.3) is 5.91 Å². The SMILES string of the molecule is O=C(NO)C(c1ccccc1)c1cccc(N2CCN(c3ccccn3)CC2)c1. The molecule has 1 aromatic heterocycles. The van der Waals surface area contributed by atoms with Gasteiger partial charge in [-0.1, -0.05) is 48.5 Å². The van der Waals surface area contributed by atoms with Crippen molar-refractivity contribution in [3.05, 3.63) is 90.1 Å². The number of pyridine rings is 1. The predicted octanol–water partition coefficient (Wildman–Crippen LogP) is 3.05. The largest absolute Gasteiger partial charge is 0.368 e. The van der Waals surface area contributed by atoms with Crippen molar-refractivity contribution in [1.82, 2.24) is 10.5 Å². The third-order valence-corrected chi connectivity index (χ3v) is 5.33. The average molecular weight is 388 g/mol. The summed E-state index contributed by atoms with van der Waals surface area (Å²) in [4.78, 5) is 21.5. The number of amides is 1. The lowest BCUT2D eigenvalue weighted by atomic mass is 9.90. The van der Waals surface area contributed by atoms with Crippen molar-refractivity contribution in [2.24, 2.45) is 0 Å². The van der Waals surface area contributed by atoms with E-state index in [1.807, 2.05) is 78.4 Å². The zero-order valence-electron chi connectivity index (χ0n) is 16.1. The zero-order chi connectivity index (χ0) is 20.1. The highest BCUT2D eigenvalue weighted by atomic mass is 16.5. The summed E-state index contributed by atoms with van der Waals surface area (Å²) in [5.74, 6) is 0.00828. The third-order valence-electron chi connectivity index (χ3n) is 5.33. The van der Waals surface area contributed by atoms with Crippen LogP contribution in [0.5, 0.6) is 0 Å². The number of benzene rings is 2. The van der Waals surface area contributed by atoms with Gasteiger partial charge in [-0.2, -0.15) is 0 Å². The zero-order valence-corrected chi connectivity index (χ0v) is 16.1. The Kier molecular flexibility index (Phi) is 5.72. The van der Waals surface area contributed by atoms with E-state index in [2.05, 4.69) is 20.9 Å². The molecule has 2 aromatic carbocycles. The van der Waals surface area contributed by atoms with Crippen molar-refractivity contribution < 1.29 is 10.0 Å². The van der Waals surface area contributed by atoms with Gasteiger partial charge in [0, 0.05) is 38.1 Å². The summed E-state index contributed by atoms with van der Waals surface area (Å²) in [7, 11) is 0. The topological polar surface area (TPSA) is 68.7 Å². The van der Waals surface area contributed by atoms with Crippen molar-refractivity contribution in [2.45, 2.75) is 5.92 Å². The lowest BCUT2D eigenvalue weighted by Crippen LogP contribution is -2.46.